The minimum Gasteiger partial charge on any atom is -0.386 e. The molecule has 0 aliphatic carbocycles. The Hall–Kier alpha value is -2.10. The summed E-state index contributed by atoms with van der Waals surface area (Å²) in [5.41, 5.74) is 3.07. The standard InChI is InChI=1S/C21H24F3N3O2S/c22-11-18(26-21(29)20(23)24)19(28)15-3-1-14(2-4-15)16-5-6-17(25-12-16)13-27-7-9-30-10-8-27/h1-6,12,18-20,28H,7-11,13H2,(H,26,29). The van der Waals surface area contributed by atoms with E-state index in [2.05, 4.69) is 9.88 Å². The summed E-state index contributed by atoms with van der Waals surface area (Å²) in [7, 11) is 0. The molecule has 2 aromatic rings. The third-order valence-electron chi connectivity index (χ3n) is 4.97. The predicted molar refractivity (Wildman–Crippen MR) is 111 cm³/mol. The number of nitrogens with zero attached hydrogens (tertiary/aromatic N) is 2. The summed E-state index contributed by atoms with van der Waals surface area (Å²) in [5.74, 6) is 0.680. The number of amides is 1. The molecule has 2 heterocycles. The van der Waals surface area contributed by atoms with Gasteiger partial charge in [0, 0.05) is 42.9 Å². The highest BCUT2D eigenvalue weighted by molar-refractivity contribution is 7.99. The van der Waals surface area contributed by atoms with Gasteiger partial charge in [-0.25, -0.2) is 4.39 Å². The number of aliphatic hydroxyl groups is 1. The molecular formula is C21H24F3N3O2S. The van der Waals surface area contributed by atoms with Crippen molar-refractivity contribution in [2.75, 3.05) is 31.3 Å². The molecule has 0 saturated carbocycles. The van der Waals surface area contributed by atoms with Crippen LogP contribution in [0.2, 0.25) is 0 Å². The second kappa shape index (κ2) is 10.8. The van der Waals surface area contributed by atoms with Gasteiger partial charge in [0.25, 0.3) is 5.91 Å². The fraction of sp³-hybridized carbons (Fsp3) is 0.429. The van der Waals surface area contributed by atoms with Gasteiger partial charge in [-0.05, 0) is 17.2 Å². The van der Waals surface area contributed by atoms with Crippen LogP contribution in [0.25, 0.3) is 11.1 Å². The van der Waals surface area contributed by atoms with Crippen LogP contribution in [0.3, 0.4) is 0 Å². The molecule has 1 aromatic carbocycles. The lowest BCUT2D eigenvalue weighted by Crippen LogP contribution is -2.43. The molecule has 2 unspecified atom stereocenters. The van der Waals surface area contributed by atoms with Crippen molar-refractivity contribution < 1.29 is 23.1 Å². The van der Waals surface area contributed by atoms with Crippen molar-refractivity contribution in [1.82, 2.24) is 15.2 Å². The van der Waals surface area contributed by atoms with Crippen LogP contribution in [0.5, 0.6) is 0 Å². The van der Waals surface area contributed by atoms with Crippen molar-refractivity contribution in [2.45, 2.75) is 25.1 Å². The molecular weight excluding hydrogens is 415 g/mol. The van der Waals surface area contributed by atoms with Crippen LogP contribution in [0.15, 0.2) is 42.6 Å². The van der Waals surface area contributed by atoms with E-state index >= 15 is 0 Å². The molecule has 1 fully saturated rings. The maximum Gasteiger partial charge on any atom is 0.315 e. The Morgan fingerprint density at radius 2 is 1.80 bits per heavy atom. The molecule has 1 aliphatic heterocycles. The van der Waals surface area contributed by atoms with E-state index in [0.717, 1.165) is 48.0 Å². The molecule has 1 aromatic heterocycles. The fourth-order valence-corrected chi connectivity index (χ4v) is 4.21. The fourth-order valence-electron chi connectivity index (χ4n) is 3.23. The van der Waals surface area contributed by atoms with Gasteiger partial charge in [-0.15, -0.1) is 0 Å². The molecule has 2 atom stereocenters. The van der Waals surface area contributed by atoms with E-state index in [4.69, 9.17) is 0 Å². The number of thioether (sulfide) groups is 1. The third-order valence-corrected chi connectivity index (χ3v) is 5.92. The number of halogens is 3. The Balaban J connectivity index is 1.63. The number of carbonyl (C=O) groups is 1. The van der Waals surface area contributed by atoms with Crippen LogP contribution in [0.1, 0.15) is 17.4 Å². The second-order valence-corrected chi connectivity index (χ2v) is 8.29. The summed E-state index contributed by atoms with van der Waals surface area (Å²) in [6.45, 7) is 1.79. The normalized spacial score (nSPS) is 17.0. The topological polar surface area (TPSA) is 65.5 Å². The number of pyridine rings is 1. The molecule has 0 radical (unpaired) electrons. The van der Waals surface area contributed by atoms with Gasteiger partial charge in [0.15, 0.2) is 0 Å². The average molecular weight is 440 g/mol. The Morgan fingerprint density at radius 1 is 1.13 bits per heavy atom. The van der Waals surface area contributed by atoms with Crippen LogP contribution >= 0.6 is 11.8 Å². The lowest BCUT2D eigenvalue weighted by molar-refractivity contribution is -0.133. The van der Waals surface area contributed by atoms with Crippen LogP contribution < -0.4 is 5.32 Å². The Labute approximate surface area is 177 Å². The number of aromatic nitrogens is 1. The quantitative estimate of drug-likeness (QED) is 0.662. The van der Waals surface area contributed by atoms with Crippen LogP contribution in [0, 0.1) is 0 Å². The first-order chi connectivity index (χ1) is 14.5. The molecule has 1 saturated heterocycles. The number of nitrogens with one attached hydrogen (secondary N) is 1. The molecule has 162 valence electrons. The smallest absolute Gasteiger partial charge is 0.315 e. The molecule has 3 rings (SSSR count). The summed E-state index contributed by atoms with van der Waals surface area (Å²) >= 11 is 1.96. The maximum absolute atomic E-state index is 13.1. The minimum absolute atomic E-state index is 0.323. The van der Waals surface area contributed by atoms with Gasteiger partial charge in [-0.1, -0.05) is 30.3 Å². The highest BCUT2D eigenvalue weighted by Gasteiger charge is 2.26. The van der Waals surface area contributed by atoms with E-state index < -0.39 is 31.2 Å². The van der Waals surface area contributed by atoms with Gasteiger partial charge in [0.05, 0.1) is 11.7 Å². The third kappa shape index (κ3) is 5.96. The summed E-state index contributed by atoms with van der Waals surface area (Å²) in [5, 5.41) is 12.1. The van der Waals surface area contributed by atoms with E-state index in [1.807, 2.05) is 29.2 Å². The number of rotatable bonds is 8. The molecule has 9 heteroatoms. The van der Waals surface area contributed by atoms with Gasteiger partial charge < -0.3 is 10.4 Å². The first-order valence-electron chi connectivity index (χ1n) is 9.66. The number of aliphatic hydroxyl groups excluding tert-OH is 1. The molecule has 1 aliphatic rings. The number of alkyl halides is 3. The lowest BCUT2D eigenvalue weighted by Gasteiger charge is -2.25. The van der Waals surface area contributed by atoms with Crippen molar-refractivity contribution in [1.29, 1.82) is 0 Å². The number of benzene rings is 1. The number of hydrogen-bond donors (Lipinski definition) is 2. The zero-order valence-corrected chi connectivity index (χ0v) is 17.1. The average Bonchev–Trinajstić information content (AvgIpc) is 2.78. The zero-order valence-electron chi connectivity index (χ0n) is 16.3. The molecule has 0 bridgehead atoms. The first kappa shape index (κ1) is 22.6. The first-order valence-corrected chi connectivity index (χ1v) is 10.8. The highest BCUT2D eigenvalue weighted by atomic mass is 32.2. The van der Waals surface area contributed by atoms with E-state index in [0.29, 0.717) is 5.56 Å². The number of carbonyl (C=O) groups excluding carboxylic acids is 1. The molecule has 0 spiro atoms. The Morgan fingerprint density at radius 3 is 2.37 bits per heavy atom. The van der Waals surface area contributed by atoms with Gasteiger partial charge in [0.2, 0.25) is 0 Å². The molecule has 30 heavy (non-hydrogen) atoms. The summed E-state index contributed by atoms with van der Waals surface area (Å²) < 4.78 is 37.9. The predicted octanol–water partition coefficient (Wildman–Crippen LogP) is 3.05. The van der Waals surface area contributed by atoms with Crippen LogP contribution in [-0.4, -0.2) is 64.6 Å². The molecule has 1 amide bonds. The summed E-state index contributed by atoms with van der Waals surface area (Å²) in [6.07, 6.45) is -2.92. The zero-order chi connectivity index (χ0) is 21.5. The van der Waals surface area contributed by atoms with Gasteiger partial charge >= 0.3 is 6.43 Å². The summed E-state index contributed by atoms with van der Waals surface area (Å²) in [6, 6.07) is 9.15. The second-order valence-electron chi connectivity index (χ2n) is 7.06. The molecule has 2 N–H and O–H groups in total. The van der Waals surface area contributed by atoms with Gasteiger partial charge in [0.1, 0.15) is 12.8 Å². The Kier molecular flexibility index (Phi) is 8.12. The number of hydrogen-bond acceptors (Lipinski definition) is 5. The monoisotopic (exact) mass is 439 g/mol. The van der Waals surface area contributed by atoms with Crippen LogP contribution in [0.4, 0.5) is 13.2 Å². The largest absolute Gasteiger partial charge is 0.386 e. The highest BCUT2D eigenvalue weighted by Crippen LogP contribution is 2.24. The summed E-state index contributed by atoms with van der Waals surface area (Å²) in [4.78, 5) is 18.0. The van der Waals surface area contributed by atoms with E-state index in [9.17, 15) is 23.1 Å². The van der Waals surface area contributed by atoms with Crippen molar-refractivity contribution in [2.24, 2.45) is 0 Å². The van der Waals surface area contributed by atoms with Crippen molar-refractivity contribution >= 4 is 17.7 Å². The van der Waals surface area contributed by atoms with Crippen molar-refractivity contribution in [3.05, 3.63) is 53.9 Å². The Bertz CT molecular complexity index is 815. The van der Waals surface area contributed by atoms with Gasteiger partial charge in [-0.2, -0.15) is 20.5 Å². The van der Waals surface area contributed by atoms with E-state index in [-0.39, 0.29) is 0 Å². The maximum atomic E-state index is 13.1. The van der Waals surface area contributed by atoms with Crippen molar-refractivity contribution in [3.63, 3.8) is 0 Å². The van der Waals surface area contributed by atoms with Crippen LogP contribution in [-0.2, 0) is 11.3 Å². The van der Waals surface area contributed by atoms with E-state index in [1.54, 1.807) is 30.5 Å². The minimum atomic E-state index is -3.27. The molecule has 5 nitrogen and oxygen atoms in total. The van der Waals surface area contributed by atoms with E-state index in [1.165, 1.54) is 0 Å². The van der Waals surface area contributed by atoms with Crippen molar-refractivity contribution in [3.8, 4) is 11.1 Å². The SMILES string of the molecule is O=C(NC(CF)C(O)c1ccc(-c2ccc(CN3CCSCC3)nc2)cc1)C(F)F. The lowest BCUT2D eigenvalue weighted by atomic mass is 9.99. The van der Waals surface area contributed by atoms with Gasteiger partial charge in [-0.3, -0.25) is 14.7 Å².